The highest BCUT2D eigenvalue weighted by Crippen LogP contribution is 2.18. The Labute approximate surface area is 108 Å². The van der Waals surface area contributed by atoms with Crippen LogP contribution in [0.3, 0.4) is 0 Å². The van der Waals surface area contributed by atoms with Gasteiger partial charge in [-0.05, 0) is 24.0 Å². The number of rotatable bonds is 8. The molecule has 4 nitrogen and oxygen atoms in total. The van der Waals surface area contributed by atoms with Crippen LogP contribution in [-0.2, 0) is 20.7 Å². The molecule has 4 heteroatoms. The summed E-state index contributed by atoms with van der Waals surface area (Å²) in [5.41, 5.74) is 2.22. The number of benzene rings is 1. The van der Waals surface area contributed by atoms with Gasteiger partial charge in [0.25, 0.3) is 0 Å². The maximum absolute atomic E-state index is 10.4. The van der Waals surface area contributed by atoms with Crippen molar-refractivity contribution in [3.05, 3.63) is 35.4 Å². The van der Waals surface area contributed by atoms with Crippen molar-refractivity contribution >= 4 is 5.97 Å². The zero-order valence-electron chi connectivity index (χ0n) is 10.9. The van der Waals surface area contributed by atoms with Gasteiger partial charge in [-0.1, -0.05) is 24.3 Å². The number of methoxy groups -OCH3 is 2. The molecule has 0 aromatic heterocycles. The maximum Gasteiger partial charge on any atom is 0.303 e. The molecular formula is C14H20O4. The summed E-state index contributed by atoms with van der Waals surface area (Å²) in [7, 11) is 3.30. The lowest BCUT2D eigenvalue weighted by Crippen LogP contribution is -2.08. The summed E-state index contributed by atoms with van der Waals surface area (Å²) in [6.45, 7) is 0.523. The third-order valence-electron chi connectivity index (χ3n) is 2.81. The van der Waals surface area contributed by atoms with E-state index in [0.717, 1.165) is 17.5 Å². The number of hydrogen-bond donors (Lipinski definition) is 1. The second-order valence-electron chi connectivity index (χ2n) is 4.17. The lowest BCUT2D eigenvalue weighted by atomic mass is 10.0. The monoisotopic (exact) mass is 252 g/mol. The fourth-order valence-corrected chi connectivity index (χ4v) is 1.79. The summed E-state index contributed by atoms with van der Waals surface area (Å²) in [4.78, 5) is 10.4. The van der Waals surface area contributed by atoms with Gasteiger partial charge in [0.15, 0.2) is 0 Å². The van der Waals surface area contributed by atoms with Gasteiger partial charge >= 0.3 is 5.97 Å². The quantitative estimate of drug-likeness (QED) is 0.772. The normalized spacial score (nSPS) is 12.3. The van der Waals surface area contributed by atoms with E-state index in [2.05, 4.69) is 0 Å². The van der Waals surface area contributed by atoms with Crippen molar-refractivity contribution in [1.82, 2.24) is 0 Å². The van der Waals surface area contributed by atoms with E-state index in [9.17, 15) is 4.79 Å². The molecule has 0 saturated carbocycles. The van der Waals surface area contributed by atoms with Gasteiger partial charge in [0.1, 0.15) is 6.10 Å². The first kappa shape index (κ1) is 14.7. The molecule has 0 heterocycles. The molecule has 100 valence electrons. The molecule has 1 aromatic rings. The molecule has 0 saturated heterocycles. The Morgan fingerprint density at radius 2 is 1.94 bits per heavy atom. The SMILES string of the molecule is COCC(OC)c1ccc(CCCC(=O)O)cc1. The summed E-state index contributed by atoms with van der Waals surface area (Å²) < 4.78 is 10.4. The molecule has 1 atom stereocenters. The van der Waals surface area contributed by atoms with E-state index in [-0.39, 0.29) is 12.5 Å². The Hall–Kier alpha value is -1.39. The molecule has 1 unspecified atom stereocenters. The predicted molar refractivity (Wildman–Crippen MR) is 68.6 cm³/mol. The van der Waals surface area contributed by atoms with E-state index in [1.807, 2.05) is 24.3 Å². The molecular weight excluding hydrogens is 232 g/mol. The van der Waals surface area contributed by atoms with Crippen molar-refractivity contribution in [2.75, 3.05) is 20.8 Å². The van der Waals surface area contributed by atoms with Crippen LogP contribution in [0, 0.1) is 0 Å². The Kier molecular flexibility index (Phi) is 6.39. The van der Waals surface area contributed by atoms with E-state index in [0.29, 0.717) is 13.0 Å². The third kappa shape index (κ3) is 4.85. The van der Waals surface area contributed by atoms with Crippen molar-refractivity contribution in [2.24, 2.45) is 0 Å². The van der Waals surface area contributed by atoms with E-state index in [1.165, 1.54) is 0 Å². The maximum atomic E-state index is 10.4. The molecule has 0 spiro atoms. The zero-order chi connectivity index (χ0) is 13.4. The fraction of sp³-hybridized carbons (Fsp3) is 0.500. The summed E-state index contributed by atoms with van der Waals surface area (Å²) in [6, 6.07) is 8.03. The van der Waals surface area contributed by atoms with Crippen LogP contribution in [0.25, 0.3) is 0 Å². The molecule has 1 aromatic carbocycles. The molecule has 0 radical (unpaired) electrons. The van der Waals surface area contributed by atoms with Gasteiger partial charge in [0, 0.05) is 20.6 Å². The second-order valence-corrected chi connectivity index (χ2v) is 4.17. The van der Waals surface area contributed by atoms with Gasteiger partial charge in [0.2, 0.25) is 0 Å². The first-order valence-electron chi connectivity index (χ1n) is 5.99. The first-order chi connectivity index (χ1) is 8.67. The fourth-order valence-electron chi connectivity index (χ4n) is 1.79. The number of hydrogen-bond acceptors (Lipinski definition) is 3. The Bertz CT molecular complexity index is 359. The third-order valence-corrected chi connectivity index (χ3v) is 2.81. The van der Waals surface area contributed by atoms with Crippen LogP contribution >= 0.6 is 0 Å². The molecule has 0 aliphatic heterocycles. The van der Waals surface area contributed by atoms with E-state index in [4.69, 9.17) is 14.6 Å². The van der Waals surface area contributed by atoms with Crippen molar-refractivity contribution in [2.45, 2.75) is 25.4 Å². The van der Waals surface area contributed by atoms with Crippen LogP contribution in [0.2, 0.25) is 0 Å². The lowest BCUT2D eigenvalue weighted by molar-refractivity contribution is -0.137. The standard InChI is InChI=1S/C14H20O4/c1-17-10-13(18-2)12-8-6-11(7-9-12)4-3-5-14(15)16/h6-9,13H,3-5,10H2,1-2H3,(H,15,16). The molecule has 1 N–H and O–H groups in total. The minimum absolute atomic E-state index is 0.0527. The summed E-state index contributed by atoms with van der Waals surface area (Å²) >= 11 is 0. The number of aryl methyl sites for hydroxylation is 1. The van der Waals surface area contributed by atoms with Crippen LogP contribution in [0.4, 0.5) is 0 Å². The number of carboxylic acid groups (broad SMARTS) is 1. The van der Waals surface area contributed by atoms with E-state index < -0.39 is 5.97 Å². The van der Waals surface area contributed by atoms with Crippen LogP contribution in [0.1, 0.15) is 30.1 Å². The van der Waals surface area contributed by atoms with E-state index in [1.54, 1.807) is 14.2 Å². The average Bonchev–Trinajstić information content (AvgIpc) is 2.36. The summed E-state index contributed by atoms with van der Waals surface area (Å²) in [5, 5.41) is 8.57. The molecule has 0 bridgehead atoms. The lowest BCUT2D eigenvalue weighted by Gasteiger charge is -2.15. The summed E-state index contributed by atoms with van der Waals surface area (Å²) in [5.74, 6) is -0.744. The van der Waals surface area contributed by atoms with Gasteiger partial charge in [-0.2, -0.15) is 0 Å². The van der Waals surface area contributed by atoms with Crippen molar-refractivity contribution in [3.8, 4) is 0 Å². The van der Waals surface area contributed by atoms with Crippen LogP contribution in [-0.4, -0.2) is 31.9 Å². The highest BCUT2D eigenvalue weighted by molar-refractivity contribution is 5.66. The number of carbonyl (C=O) groups is 1. The van der Waals surface area contributed by atoms with Crippen LogP contribution in [0.15, 0.2) is 24.3 Å². The second kappa shape index (κ2) is 7.84. The Balaban J connectivity index is 2.53. The van der Waals surface area contributed by atoms with Crippen molar-refractivity contribution in [3.63, 3.8) is 0 Å². The molecule has 1 rings (SSSR count). The van der Waals surface area contributed by atoms with Gasteiger partial charge in [-0.3, -0.25) is 4.79 Å². The Morgan fingerprint density at radius 1 is 1.28 bits per heavy atom. The highest BCUT2D eigenvalue weighted by Gasteiger charge is 2.09. The minimum Gasteiger partial charge on any atom is -0.481 e. The van der Waals surface area contributed by atoms with Gasteiger partial charge in [-0.25, -0.2) is 0 Å². The van der Waals surface area contributed by atoms with Gasteiger partial charge < -0.3 is 14.6 Å². The molecule has 0 fully saturated rings. The molecule has 0 amide bonds. The first-order valence-corrected chi connectivity index (χ1v) is 5.99. The van der Waals surface area contributed by atoms with Crippen LogP contribution < -0.4 is 0 Å². The van der Waals surface area contributed by atoms with Crippen molar-refractivity contribution < 1.29 is 19.4 Å². The Morgan fingerprint density at radius 3 is 2.44 bits per heavy atom. The van der Waals surface area contributed by atoms with Crippen LogP contribution in [0.5, 0.6) is 0 Å². The molecule has 18 heavy (non-hydrogen) atoms. The zero-order valence-corrected chi connectivity index (χ0v) is 10.9. The number of carboxylic acids is 1. The largest absolute Gasteiger partial charge is 0.481 e. The minimum atomic E-state index is -0.744. The number of aliphatic carboxylic acids is 1. The van der Waals surface area contributed by atoms with E-state index >= 15 is 0 Å². The number of ether oxygens (including phenoxy) is 2. The van der Waals surface area contributed by atoms with Crippen molar-refractivity contribution in [1.29, 1.82) is 0 Å². The smallest absolute Gasteiger partial charge is 0.303 e. The average molecular weight is 252 g/mol. The summed E-state index contributed by atoms with van der Waals surface area (Å²) in [6.07, 6.45) is 1.62. The van der Waals surface area contributed by atoms with Gasteiger partial charge in [-0.15, -0.1) is 0 Å². The topological polar surface area (TPSA) is 55.8 Å². The predicted octanol–water partition coefficient (Wildman–Crippen LogP) is 2.43. The molecule has 0 aliphatic carbocycles. The molecule has 0 aliphatic rings. The highest BCUT2D eigenvalue weighted by atomic mass is 16.5. The van der Waals surface area contributed by atoms with Gasteiger partial charge in [0.05, 0.1) is 6.61 Å².